The molecule has 7 heterocycles. The molecule has 0 bridgehead atoms. The standard InChI is InChI=1S/C52H61ClF2N12O3/c1-31(68)64-20-15-43-41(30-64)46(66-17-7-9-32-21-39(35-27-59-62(6)28-35)40(45(54)55)23-44(32)66)61-67(43)36-13-18-63(19-14-36)37-10-8-16-65(29-37)50-57-25-34(26-58-50)47(69)60-48-51(2,3)49(52(48,4)5)70-38-12-11-33(24-56)42(53)22-38/h11-12,21-23,25-28,36-37,45,48-49H,7-10,13-20,29-30H2,1-6H3,(H,60,69)/t37-,48?,49?/m0/s1. The molecule has 368 valence electrons. The molecule has 5 aromatic rings. The van der Waals surface area contributed by atoms with Crippen LogP contribution >= 0.6 is 11.6 Å². The largest absolute Gasteiger partial charge is 0.489 e. The predicted octanol–water partition coefficient (Wildman–Crippen LogP) is 8.44. The molecular formula is C52H61ClF2N12O3. The summed E-state index contributed by atoms with van der Waals surface area (Å²) in [7, 11) is 1.79. The summed E-state index contributed by atoms with van der Waals surface area (Å²) in [6, 6.07) is 11.0. The number of aromatic nitrogens is 6. The van der Waals surface area contributed by atoms with E-state index in [1.54, 1.807) is 67.7 Å². The maximum Gasteiger partial charge on any atom is 0.264 e. The fraction of sp³-hybridized carbons (Fsp3) is 0.519. The summed E-state index contributed by atoms with van der Waals surface area (Å²) in [6.45, 7) is 15.0. The minimum atomic E-state index is -2.67. The number of hydrogen-bond acceptors (Lipinski definition) is 11. The van der Waals surface area contributed by atoms with Gasteiger partial charge in [0.15, 0.2) is 5.82 Å². The highest BCUT2D eigenvalue weighted by Gasteiger charge is 2.64. The average Bonchev–Trinajstić information content (AvgIpc) is 3.97. The summed E-state index contributed by atoms with van der Waals surface area (Å²) in [4.78, 5) is 44.6. The fourth-order valence-electron chi connectivity index (χ4n) is 12.4. The van der Waals surface area contributed by atoms with Crippen molar-refractivity contribution < 1.29 is 23.1 Å². The molecule has 0 unspecified atom stereocenters. The highest BCUT2D eigenvalue weighted by Crippen LogP contribution is 2.56. The van der Waals surface area contributed by atoms with Crippen molar-refractivity contribution in [1.82, 2.24) is 44.6 Å². The van der Waals surface area contributed by atoms with Gasteiger partial charge < -0.3 is 24.8 Å². The number of fused-ring (bicyclic) bond motifs is 2. The number of alkyl halides is 2. The molecule has 1 N–H and O–H groups in total. The minimum Gasteiger partial charge on any atom is -0.489 e. The molecule has 3 fully saturated rings. The number of nitrogens with one attached hydrogen (secondary N) is 1. The molecule has 2 aromatic carbocycles. The lowest BCUT2D eigenvalue weighted by molar-refractivity contribution is -0.164. The van der Waals surface area contributed by atoms with E-state index in [1.165, 1.54) is 0 Å². The average molecular weight is 976 g/mol. The van der Waals surface area contributed by atoms with E-state index >= 15 is 0 Å². The third-order valence-corrected chi connectivity index (χ3v) is 16.1. The molecule has 4 aliphatic heterocycles. The molecule has 0 spiro atoms. The van der Waals surface area contributed by atoms with Crippen LogP contribution in [0.3, 0.4) is 0 Å². The van der Waals surface area contributed by atoms with Gasteiger partial charge >= 0.3 is 0 Å². The molecule has 5 aliphatic rings. The Kier molecular flexibility index (Phi) is 12.6. The number of carbonyl (C=O) groups excluding carboxylic acids is 2. The molecule has 10 rings (SSSR count). The minimum absolute atomic E-state index is 0.0120. The van der Waals surface area contributed by atoms with Crippen LogP contribution in [0.1, 0.15) is 117 Å². The van der Waals surface area contributed by atoms with E-state index < -0.39 is 17.3 Å². The number of ether oxygens (including phenoxy) is 1. The van der Waals surface area contributed by atoms with E-state index in [-0.39, 0.29) is 35.6 Å². The van der Waals surface area contributed by atoms with Crippen LogP contribution in [0.4, 0.5) is 26.2 Å². The van der Waals surface area contributed by atoms with Crippen LogP contribution in [0.2, 0.25) is 5.02 Å². The zero-order chi connectivity index (χ0) is 49.2. The molecule has 0 radical (unpaired) electrons. The van der Waals surface area contributed by atoms with E-state index in [2.05, 4.69) is 63.6 Å². The predicted molar refractivity (Wildman–Crippen MR) is 262 cm³/mol. The van der Waals surface area contributed by atoms with Crippen molar-refractivity contribution in [1.29, 1.82) is 5.26 Å². The van der Waals surface area contributed by atoms with Crippen LogP contribution in [0.5, 0.6) is 5.75 Å². The number of nitriles is 1. The Balaban J connectivity index is 0.797. The lowest BCUT2D eigenvalue weighted by Gasteiger charge is -2.63. The summed E-state index contributed by atoms with van der Waals surface area (Å²) >= 11 is 6.29. The number of piperidine rings is 2. The zero-order valence-electron chi connectivity index (χ0n) is 40.8. The van der Waals surface area contributed by atoms with Gasteiger partial charge in [-0.15, -0.1) is 0 Å². The van der Waals surface area contributed by atoms with Crippen molar-refractivity contribution in [2.75, 3.05) is 49.1 Å². The summed E-state index contributed by atoms with van der Waals surface area (Å²) in [5.41, 5.74) is 5.03. The number of halogens is 3. The molecule has 70 heavy (non-hydrogen) atoms. The number of carbonyl (C=O) groups is 2. The van der Waals surface area contributed by atoms with Crippen LogP contribution in [-0.2, 0) is 31.2 Å². The third kappa shape index (κ3) is 8.64. The molecule has 18 heteroatoms. The van der Waals surface area contributed by atoms with Gasteiger partial charge in [-0.3, -0.25) is 23.9 Å². The molecule has 2 saturated heterocycles. The monoisotopic (exact) mass is 974 g/mol. The van der Waals surface area contributed by atoms with E-state index in [0.717, 1.165) is 93.0 Å². The number of benzene rings is 2. The molecule has 15 nitrogen and oxygen atoms in total. The van der Waals surface area contributed by atoms with Crippen molar-refractivity contribution in [2.24, 2.45) is 17.9 Å². The SMILES string of the molecule is CC(=O)N1CCc2c(c(N3CCCc4cc(-c5cnn(C)c5)c(C(F)F)cc43)nn2C2CCN([C@H]3CCCN(c4ncc(C(=O)NC5C(C)(C)C(Oc6ccc(C#N)c(Cl)c6)C5(C)C)cn4)C3)CC2)C1. The van der Waals surface area contributed by atoms with Gasteiger partial charge in [-0.2, -0.15) is 15.5 Å². The van der Waals surface area contributed by atoms with Gasteiger partial charge in [0.25, 0.3) is 12.3 Å². The van der Waals surface area contributed by atoms with Gasteiger partial charge in [0.1, 0.15) is 17.9 Å². The van der Waals surface area contributed by atoms with Crippen LogP contribution in [0, 0.1) is 22.2 Å². The second kappa shape index (κ2) is 18.6. The van der Waals surface area contributed by atoms with E-state index in [4.69, 9.17) is 31.4 Å². The maximum absolute atomic E-state index is 14.8. The van der Waals surface area contributed by atoms with Gasteiger partial charge in [-0.25, -0.2) is 18.7 Å². The number of rotatable bonds is 10. The Morgan fingerprint density at radius 1 is 0.943 bits per heavy atom. The van der Waals surface area contributed by atoms with Crippen LogP contribution in [0.25, 0.3) is 11.1 Å². The lowest BCUT2D eigenvalue weighted by Crippen LogP contribution is -2.74. The fourth-order valence-corrected chi connectivity index (χ4v) is 12.6. The lowest BCUT2D eigenvalue weighted by atomic mass is 9.49. The Bertz CT molecular complexity index is 2830. The Labute approximate surface area is 412 Å². The summed E-state index contributed by atoms with van der Waals surface area (Å²) in [6.07, 6.45) is 9.94. The smallest absolute Gasteiger partial charge is 0.264 e. The Hall–Kier alpha value is -6.12. The first-order valence-corrected chi connectivity index (χ1v) is 24.9. The van der Waals surface area contributed by atoms with Crippen LogP contribution in [-0.4, -0.2) is 109 Å². The molecule has 1 atom stereocenters. The second-order valence-corrected chi connectivity index (χ2v) is 21.4. The molecular weight excluding hydrogens is 914 g/mol. The number of anilines is 3. The topological polar surface area (TPSA) is 154 Å². The van der Waals surface area contributed by atoms with E-state index in [0.29, 0.717) is 71.1 Å². The van der Waals surface area contributed by atoms with Gasteiger partial charge in [0.2, 0.25) is 11.9 Å². The van der Waals surface area contributed by atoms with Crippen LogP contribution in [0.15, 0.2) is 55.1 Å². The normalized spacial score (nSPS) is 22.2. The second-order valence-electron chi connectivity index (χ2n) is 21.0. The summed E-state index contributed by atoms with van der Waals surface area (Å²) < 4.78 is 39.9. The van der Waals surface area contributed by atoms with Crippen molar-refractivity contribution >= 4 is 40.9 Å². The van der Waals surface area contributed by atoms with Crippen molar-refractivity contribution in [3.05, 3.63) is 93.7 Å². The summed E-state index contributed by atoms with van der Waals surface area (Å²) in [5.74, 6) is 1.73. The molecule has 1 saturated carbocycles. The van der Waals surface area contributed by atoms with Crippen molar-refractivity contribution in [3.63, 3.8) is 0 Å². The quantitative estimate of drug-likeness (QED) is 0.144. The first-order chi connectivity index (χ1) is 33.5. The maximum atomic E-state index is 14.8. The molecule has 1 aliphatic carbocycles. The molecule has 2 amide bonds. The summed E-state index contributed by atoms with van der Waals surface area (Å²) in [5, 5.41) is 22.5. The van der Waals surface area contributed by atoms with Gasteiger partial charge in [0, 0.05) is 135 Å². The number of likely N-dealkylation sites (tertiary alicyclic amines) is 1. The third-order valence-electron chi connectivity index (χ3n) is 15.8. The van der Waals surface area contributed by atoms with Gasteiger partial charge in [0.05, 0.1) is 34.9 Å². The van der Waals surface area contributed by atoms with Crippen molar-refractivity contribution in [2.45, 2.75) is 117 Å². The van der Waals surface area contributed by atoms with Crippen LogP contribution < -0.4 is 19.9 Å². The first kappa shape index (κ1) is 47.6. The number of nitrogens with zero attached hydrogens (tertiary/aromatic N) is 11. The highest BCUT2D eigenvalue weighted by molar-refractivity contribution is 6.31. The highest BCUT2D eigenvalue weighted by atomic mass is 35.5. The molecule has 3 aromatic heterocycles. The number of aryl methyl sites for hydroxylation is 2. The number of amides is 2. The van der Waals surface area contributed by atoms with Crippen molar-refractivity contribution in [3.8, 4) is 22.9 Å². The Morgan fingerprint density at radius 3 is 2.37 bits per heavy atom. The zero-order valence-corrected chi connectivity index (χ0v) is 41.5. The Morgan fingerprint density at radius 2 is 1.70 bits per heavy atom. The van der Waals surface area contributed by atoms with Gasteiger partial charge in [-0.1, -0.05) is 39.3 Å². The first-order valence-electron chi connectivity index (χ1n) is 24.6. The van der Waals surface area contributed by atoms with E-state index in [1.807, 2.05) is 11.0 Å². The number of hydrogen-bond donors (Lipinski definition) is 1. The van der Waals surface area contributed by atoms with E-state index in [9.17, 15) is 23.6 Å². The van der Waals surface area contributed by atoms with Gasteiger partial charge in [-0.05, 0) is 73.9 Å².